The molecule has 0 spiro atoms. The van der Waals surface area contributed by atoms with Crippen LogP contribution < -0.4 is 10.1 Å². The molecule has 1 aliphatic carbocycles. The number of ether oxygens (including phenoxy) is 1. The van der Waals surface area contributed by atoms with E-state index in [-0.39, 0.29) is 6.04 Å². The van der Waals surface area contributed by atoms with E-state index in [1.165, 1.54) is 34.8 Å². The number of benzene rings is 1. The third-order valence-electron chi connectivity index (χ3n) is 3.40. The summed E-state index contributed by atoms with van der Waals surface area (Å²) >= 11 is 1.46. The zero-order valence-electron chi connectivity index (χ0n) is 11.8. The molecule has 5 heteroatoms. The summed E-state index contributed by atoms with van der Waals surface area (Å²) in [6, 6.07) is 8.54. The molecule has 4 nitrogen and oxygen atoms in total. The van der Waals surface area contributed by atoms with Gasteiger partial charge in [0, 0.05) is 0 Å². The van der Waals surface area contributed by atoms with Gasteiger partial charge in [0.1, 0.15) is 5.75 Å². The Bertz CT molecular complexity index is 563. The van der Waals surface area contributed by atoms with E-state index in [2.05, 4.69) is 46.1 Å². The van der Waals surface area contributed by atoms with Crippen molar-refractivity contribution < 1.29 is 4.74 Å². The number of nitrogens with one attached hydrogen (secondary N) is 1. The molecule has 1 aliphatic rings. The van der Waals surface area contributed by atoms with Gasteiger partial charge in [-0.05, 0) is 55.5 Å². The highest BCUT2D eigenvalue weighted by Gasteiger charge is 2.24. The van der Waals surface area contributed by atoms with E-state index in [0.29, 0.717) is 6.10 Å². The summed E-state index contributed by atoms with van der Waals surface area (Å²) in [5.41, 5.74) is 2.23. The van der Waals surface area contributed by atoms with Gasteiger partial charge < -0.3 is 10.1 Å². The highest BCUT2D eigenvalue weighted by molar-refractivity contribution is 7.05. The van der Waals surface area contributed by atoms with Crippen LogP contribution in [-0.2, 0) is 0 Å². The molecular weight excluding hydrogens is 270 g/mol. The number of rotatable bonds is 6. The minimum absolute atomic E-state index is 0.162. The van der Waals surface area contributed by atoms with Gasteiger partial charge in [-0.15, -0.1) is 5.10 Å². The maximum atomic E-state index is 5.79. The van der Waals surface area contributed by atoms with Gasteiger partial charge >= 0.3 is 0 Å². The topological polar surface area (TPSA) is 47.0 Å². The predicted octanol–water partition coefficient (Wildman–Crippen LogP) is 3.09. The van der Waals surface area contributed by atoms with Crippen molar-refractivity contribution in [1.82, 2.24) is 14.9 Å². The molecular formula is C15H19N3OS. The van der Waals surface area contributed by atoms with Crippen LogP contribution in [0.3, 0.4) is 0 Å². The van der Waals surface area contributed by atoms with Crippen LogP contribution >= 0.6 is 11.5 Å². The predicted molar refractivity (Wildman–Crippen MR) is 80.3 cm³/mol. The Kier molecular flexibility index (Phi) is 3.98. The van der Waals surface area contributed by atoms with Crippen molar-refractivity contribution in [3.63, 3.8) is 0 Å². The minimum Gasteiger partial charge on any atom is -0.490 e. The molecule has 0 bridgehead atoms. The normalized spacial score (nSPS) is 16.1. The fraction of sp³-hybridized carbons (Fsp3) is 0.467. The highest BCUT2D eigenvalue weighted by atomic mass is 32.1. The van der Waals surface area contributed by atoms with Gasteiger partial charge in [0.25, 0.3) is 0 Å². The Hall–Kier alpha value is -1.46. The van der Waals surface area contributed by atoms with E-state index in [0.717, 1.165) is 18.0 Å². The molecule has 1 N–H and O–H groups in total. The maximum Gasteiger partial charge on any atom is 0.119 e. The third kappa shape index (κ3) is 2.99. The average Bonchev–Trinajstić information content (AvgIpc) is 3.17. The van der Waals surface area contributed by atoms with Crippen molar-refractivity contribution in [3.8, 4) is 5.75 Å². The van der Waals surface area contributed by atoms with E-state index >= 15 is 0 Å². The molecule has 1 atom stereocenters. The van der Waals surface area contributed by atoms with E-state index < -0.39 is 0 Å². The van der Waals surface area contributed by atoms with Crippen molar-refractivity contribution in [2.24, 2.45) is 0 Å². The van der Waals surface area contributed by atoms with Crippen molar-refractivity contribution in [2.45, 2.75) is 38.8 Å². The van der Waals surface area contributed by atoms with Crippen LogP contribution in [0.2, 0.25) is 0 Å². The zero-order valence-corrected chi connectivity index (χ0v) is 12.6. The summed E-state index contributed by atoms with van der Waals surface area (Å²) in [5, 5.41) is 7.62. The van der Waals surface area contributed by atoms with Crippen molar-refractivity contribution in [1.29, 1.82) is 0 Å². The molecule has 1 unspecified atom stereocenters. The Labute approximate surface area is 123 Å². The second kappa shape index (κ2) is 5.89. The second-order valence-corrected chi connectivity index (χ2v) is 5.89. The first-order valence-electron chi connectivity index (χ1n) is 7.06. The van der Waals surface area contributed by atoms with Crippen LogP contribution in [-0.4, -0.2) is 22.2 Å². The lowest BCUT2D eigenvalue weighted by atomic mass is 10.0. The molecule has 1 fully saturated rings. The first-order chi connectivity index (χ1) is 9.78. The van der Waals surface area contributed by atoms with Crippen molar-refractivity contribution in [3.05, 3.63) is 40.4 Å². The zero-order chi connectivity index (χ0) is 13.9. The Morgan fingerprint density at radius 2 is 2.10 bits per heavy atom. The Morgan fingerprint density at radius 3 is 2.65 bits per heavy atom. The molecule has 1 saturated carbocycles. The number of aromatic nitrogens is 2. The van der Waals surface area contributed by atoms with Gasteiger partial charge in [0.15, 0.2) is 0 Å². The first kappa shape index (κ1) is 13.5. The molecule has 3 rings (SSSR count). The molecule has 1 aromatic carbocycles. The SMILES string of the molecule is CCNC(c1ccc(OC2CC2)cc1)c1snnc1C. The third-order valence-corrected chi connectivity index (χ3v) is 4.29. The van der Waals surface area contributed by atoms with Gasteiger partial charge in [0.05, 0.1) is 22.7 Å². The molecule has 0 radical (unpaired) electrons. The Morgan fingerprint density at radius 1 is 1.35 bits per heavy atom. The van der Waals surface area contributed by atoms with E-state index in [9.17, 15) is 0 Å². The molecule has 0 aliphatic heterocycles. The average molecular weight is 289 g/mol. The molecule has 106 valence electrons. The number of hydrogen-bond donors (Lipinski definition) is 1. The monoisotopic (exact) mass is 289 g/mol. The van der Waals surface area contributed by atoms with E-state index in [4.69, 9.17) is 4.74 Å². The van der Waals surface area contributed by atoms with Crippen LogP contribution in [0, 0.1) is 6.92 Å². The second-order valence-electron chi connectivity index (χ2n) is 5.10. The van der Waals surface area contributed by atoms with Crippen LogP contribution in [0.1, 0.15) is 41.9 Å². The van der Waals surface area contributed by atoms with Gasteiger partial charge in [-0.1, -0.05) is 23.5 Å². The summed E-state index contributed by atoms with van der Waals surface area (Å²) in [6.07, 6.45) is 2.82. The largest absolute Gasteiger partial charge is 0.490 e. The van der Waals surface area contributed by atoms with E-state index in [1.54, 1.807) is 0 Å². The van der Waals surface area contributed by atoms with Gasteiger partial charge in [-0.2, -0.15) is 0 Å². The molecule has 2 aromatic rings. The number of aryl methyl sites for hydroxylation is 1. The fourth-order valence-electron chi connectivity index (χ4n) is 2.19. The summed E-state index contributed by atoms with van der Waals surface area (Å²) in [5.74, 6) is 0.964. The first-order valence-corrected chi connectivity index (χ1v) is 7.84. The lowest BCUT2D eigenvalue weighted by Crippen LogP contribution is -2.21. The lowest BCUT2D eigenvalue weighted by Gasteiger charge is -2.17. The smallest absolute Gasteiger partial charge is 0.119 e. The summed E-state index contributed by atoms with van der Waals surface area (Å²) in [4.78, 5) is 1.18. The van der Waals surface area contributed by atoms with Crippen LogP contribution in [0.5, 0.6) is 5.75 Å². The molecule has 1 heterocycles. The molecule has 1 aromatic heterocycles. The molecule has 20 heavy (non-hydrogen) atoms. The molecule has 0 saturated heterocycles. The van der Waals surface area contributed by atoms with Gasteiger partial charge in [0.2, 0.25) is 0 Å². The number of hydrogen-bond acceptors (Lipinski definition) is 5. The highest BCUT2D eigenvalue weighted by Crippen LogP contribution is 2.30. The van der Waals surface area contributed by atoms with Gasteiger partial charge in [-0.25, -0.2) is 0 Å². The standard InChI is InChI=1S/C15H19N3OS/c1-3-16-14(15-10(2)17-18-20-15)11-4-6-12(7-5-11)19-13-8-9-13/h4-7,13-14,16H,3,8-9H2,1-2H3. The fourth-order valence-corrected chi connectivity index (χ4v) is 2.93. The van der Waals surface area contributed by atoms with Crippen LogP contribution in [0.25, 0.3) is 0 Å². The Balaban J connectivity index is 1.81. The minimum atomic E-state index is 0.162. The summed E-state index contributed by atoms with van der Waals surface area (Å²) in [7, 11) is 0. The maximum absolute atomic E-state index is 5.79. The van der Waals surface area contributed by atoms with Crippen LogP contribution in [0.15, 0.2) is 24.3 Å². The van der Waals surface area contributed by atoms with Gasteiger partial charge in [-0.3, -0.25) is 0 Å². The van der Waals surface area contributed by atoms with Crippen molar-refractivity contribution >= 4 is 11.5 Å². The van der Waals surface area contributed by atoms with Crippen molar-refractivity contribution in [2.75, 3.05) is 6.54 Å². The summed E-state index contributed by atoms with van der Waals surface area (Å²) < 4.78 is 9.83. The van der Waals surface area contributed by atoms with Crippen LogP contribution in [0.4, 0.5) is 0 Å². The van der Waals surface area contributed by atoms with E-state index in [1.807, 2.05) is 6.92 Å². The molecule has 0 amide bonds. The lowest BCUT2D eigenvalue weighted by molar-refractivity contribution is 0.303. The number of nitrogens with zero attached hydrogens (tertiary/aromatic N) is 2. The quantitative estimate of drug-likeness (QED) is 0.887. The summed E-state index contributed by atoms with van der Waals surface area (Å²) in [6.45, 7) is 5.03.